The highest BCUT2D eigenvalue weighted by molar-refractivity contribution is 7.16. The first-order valence-corrected chi connectivity index (χ1v) is 7.33. The third-order valence-corrected chi connectivity index (χ3v) is 4.61. The zero-order valence-corrected chi connectivity index (χ0v) is 12.7. The van der Waals surface area contributed by atoms with E-state index in [4.69, 9.17) is 27.9 Å². The van der Waals surface area contributed by atoms with Crippen LogP contribution in [0.1, 0.15) is 25.1 Å². The van der Waals surface area contributed by atoms with Crippen LogP contribution in [0, 0.1) is 0 Å². The molecule has 1 aromatic rings. The Hall–Kier alpha value is -0.0300. The van der Waals surface area contributed by atoms with Gasteiger partial charge in [0.15, 0.2) is 5.13 Å². The number of halogens is 2. The van der Waals surface area contributed by atoms with Crippen LogP contribution in [0.2, 0.25) is 5.15 Å². The molecule has 0 bridgehead atoms. The summed E-state index contributed by atoms with van der Waals surface area (Å²) in [7, 11) is 1.70. The van der Waals surface area contributed by atoms with Crippen LogP contribution < -0.4 is 4.90 Å². The number of thiazole rings is 1. The standard InChI is InChI=1S/C11H18Cl2N2OS/c1-4-8(2)15(5-6-16-3)11-14-10(13)9(7-12)17-11/h8H,4-7H2,1-3H3. The lowest BCUT2D eigenvalue weighted by Crippen LogP contribution is -2.35. The number of methoxy groups -OCH3 is 1. The molecule has 17 heavy (non-hydrogen) atoms. The van der Waals surface area contributed by atoms with Gasteiger partial charge >= 0.3 is 0 Å². The first-order chi connectivity index (χ1) is 8.13. The summed E-state index contributed by atoms with van der Waals surface area (Å²) in [6, 6.07) is 0.413. The Labute approximate surface area is 117 Å². The zero-order valence-electron chi connectivity index (χ0n) is 10.4. The molecule has 3 nitrogen and oxygen atoms in total. The molecule has 0 fully saturated rings. The van der Waals surface area contributed by atoms with E-state index < -0.39 is 0 Å². The van der Waals surface area contributed by atoms with Crippen LogP contribution in [0.5, 0.6) is 0 Å². The average molecular weight is 297 g/mol. The van der Waals surface area contributed by atoms with E-state index >= 15 is 0 Å². The fourth-order valence-electron chi connectivity index (χ4n) is 1.44. The van der Waals surface area contributed by atoms with E-state index in [2.05, 4.69) is 23.7 Å². The van der Waals surface area contributed by atoms with Crippen molar-refractivity contribution in [2.24, 2.45) is 0 Å². The second-order valence-electron chi connectivity index (χ2n) is 3.79. The lowest BCUT2D eigenvalue weighted by atomic mass is 10.2. The van der Waals surface area contributed by atoms with Crippen LogP contribution in [0.4, 0.5) is 5.13 Å². The Morgan fingerprint density at radius 2 is 2.24 bits per heavy atom. The lowest BCUT2D eigenvalue weighted by Gasteiger charge is -2.27. The maximum Gasteiger partial charge on any atom is 0.187 e. The molecule has 0 N–H and O–H groups in total. The van der Waals surface area contributed by atoms with Gasteiger partial charge in [-0.25, -0.2) is 4.98 Å². The monoisotopic (exact) mass is 296 g/mol. The molecular formula is C11H18Cl2N2OS. The zero-order chi connectivity index (χ0) is 12.8. The summed E-state index contributed by atoms with van der Waals surface area (Å²) in [5.74, 6) is 0.412. The molecule has 0 saturated heterocycles. The van der Waals surface area contributed by atoms with Crippen molar-refractivity contribution in [1.82, 2.24) is 4.98 Å². The summed E-state index contributed by atoms with van der Waals surface area (Å²) < 4.78 is 5.13. The van der Waals surface area contributed by atoms with E-state index in [9.17, 15) is 0 Å². The summed E-state index contributed by atoms with van der Waals surface area (Å²) in [6.45, 7) is 5.82. The van der Waals surface area contributed by atoms with Crippen LogP contribution in [0.15, 0.2) is 0 Å². The second-order valence-corrected chi connectivity index (χ2v) is 5.47. The van der Waals surface area contributed by atoms with Gasteiger partial charge in [-0.3, -0.25) is 0 Å². The summed E-state index contributed by atoms with van der Waals surface area (Å²) in [5.41, 5.74) is 0. The van der Waals surface area contributed by atoms with Crippen LogP contribution in [-0.4, -0.2) is 31.3 Å². The van der Waals surface area contributed by atoms with Gasteiger partial charge in [-0.2, -0.15) is 0 Å². The number of ether oxygens (including phenoxy) is 1. The highest BCUT2D eigenvalue weighted by Crippen LogP contribution is 2.32. The van der Waals surface area contributed by atoms with Gasteiger partial charge in [0.1, 0.15) is 5.15 Å². The molecular weight excluding hydrogens is 279 g/mol. The van der Waals surface area contributed by atoms with Gasteiger partial charge in [-0.15, -0.1) is 11.6 Å². The molecule has 0 radical (unpaired) electrons. The van der Waals surface area contributed by atoms with Crippen molar-refractivity contribution in [2.45, 2.75) is 32.2 Å². The molecule has 0 spiro atoms. The highest BCUT2D eigenvalue weighted by Gasteiger charge is 2.18. The Kier molecular flexibility index (Phi) is 6.55. The predicted octanol–water partition coefficient (Wildman–Crippen LogP) is 3.79. The van der Waals surface area contributed by atoms with E-state index in [0.29, 0.717) is 23.7 Å². The molecule has 0 aliphatic carbocycles. The first-order valence-electron chi connectivity index (χ1n) is 5.60. The van der Waals surface area contributed by atoms with Gasteiger partial charge in [0, 0.05) is 19.7 Å². The maximum absolute atomic E-state index is 6.03. The maximum atomic E-state index is 6.03. The van der Waals surface area contributed by atoms with Crippen molar-refractivity contribution >= 4 is 39.7 Å². The molecule has 0 saturated carbocycles. The molecule has 0 aliphatic rings. The van der Waals surface area contributed by atoms with Gasteiger partial charge in [0.05, 0.1) is 17.4 Å². The fraction of sp³-hybridized carbons (Fsp3) is 0.727. The summed E-state index contributed by atoms with van der Waals surface area (Å²) in [5, 5.41) is 1.45. The summed E-state index contributed by atoms with van der Waals surface area (Å²) >= 11 is 13.4. The van der Waals surface area contributed by atoms with Crippen molar-refractivity contribution in [1.29, 1.82) is 0 Å². The van der Waals surface area contributed by atoms with E-state index in [1.165, 1.54) is 0 Å². The number of hydrogen-bond acceptors (Lipinski definition) is 4. The fourth-order valence-corrected chi connectivity index (χ4v) is 3.04. The molecule has 98 valence electrons. The highest BCUT2D eigenvalue weighted by atomic mass is 35.5. The van der Waals surface area contributed by atoms with Gasteiger partial charge < -0.3 is 9.64 Å². The SMILES string of the molecule is CCC(C)N(CCOC)c1nc(Cl)c(CCl)s1. The average Bonchev–Trinajstić information content (AvgIpc) is 2.70. The number of anilines is 1. The quantitative estimate of drug-likeness (QED) is 0.716. The van der Waals surface area contributed by atoms with Crippen LogP contribution in [0.25, 0.3) is 0 Å². The summed E-state index contributed by atoms with van der Waals surface area (Å²) in [4.78, 5) is 7.52. The van der Waals surface area contributed by atoms with Gasteiger partial charge in [-0.05, 0) is 13.3 Å². The number of nitrogens with zero attached hydrogens (tertiary/aromatic N) is 2. The normalized spacial score (nSPS) is 12.8. The van der Waals surface area contributed by atoms with Crippen molar-refractivity contribution < 1.29 is 4.74 Å². The van der Waals surface area contributed by atoms with E-state index in [-0.39, 0.29) is 0 Å². The largest absolute Gasteiger partial charge is 0.383 e. The number of alkyl halides is 1. The van der Waals surface area contributed by atoms with Gasteiger partial charge in [-0.1, -0.05) is 29.9 Å². The molecule has 6 heteroatoms. The third-order valence-electron chi connectivity index (χ3n) is 2.66. The van der Waals surface area contributed by atoms with Gasteiger partial charge in [0.2, 0.25) is 0 Å². The molecule has 0 amide bonds. The van der Waals surface area contributed by atoms with Crippen LogP contribution >= 0.6 is 34.5 Å². The Morgan fingerprint density at radius 1 is 1.53 bits per heavy atom. The van der Waals surface area contributed by atoms with Crippen LogP contribution in [0.3, 0.4) is 0 Å². The first kappa shape index (κ1) is 15.0. The van der Waals surface area contributed by atoms with Gasteiger partial charge in [0.25, 0.3) is 0 Å². The van der Waals surface area contributed by atoms with Crippen molar-refractivity contribution in [3.63, 3.8) is 0 Å². The number of aromatic nitrogens is 1. The topological polar surface area (TPSA) is 25.4 Å². The molecule has 1 rings (SSSR count). The van der Waals surface area contributed by atoms with Crippen molar-refractivity contribution in [2.75, 3.05) is 25.2 Å². The van der Waals surface area contributed by atoms with Crippen LogP contribution in [-0.2, 0) is 10.6 Å². The minimum Gasteiger partial charge on any atom is -0.383 e. The van der Waals surface area contributed by atoms with E-state index in [0.717, 1.165) is 23.0 Å². The molecule has 1 atom stereocenters. The predicted molar refractivity (Wildman–Crippen MR) is 75.7 cm³/mol. The lowest BCUT2D eigenvalue weighted by molar-refractivity contribution is 0.203. The molecule has 0 aromatic carbocycles. The van der Waals surface area contributed by atoms with E-state index in [1.54, 1.807) is 18.4 Å². The Balaban J connectivity index is 2.87. The Bertz CT molecular complexity index is 346. The van der Waals surface area contributed by atoms with Crippen molar-refractivity contribution in [3.05, 3.63) is 10.0 Å². The minimum atomic E-state index is 0.412. The smallest absolute Gasteiger partial charge is 0.187 e. The Morgan fingerprint density at radius 3 is 2.71 bits per heavy atom. The number of hydrogen-bond donors (Lipinski definition) is 0. The second kappa shape index (κ2) is 7.41. The minimum absolute atomic E-state index is 0.412. The third kappa shape index (κ3) is 3.98. The summed E-state index contributed by atoms with van der Waals surface area (Å²) in [6.07, 6.45) is 1.05. The van der Waals surface area contributed by atoms with E-state index in [1.807, 2.05) is 0 Å². The molecule has 1 aromatic heterocycles. The number of rotatable bonds is 7. The molecule has 1 unspecified atom stereocenters. The van der Waals surface area contributed by atoms with Crippen molar-refractivity contribution in [3.8, 4) is 0 Å². The molecule has 1 heterocycles. The molecule has 0 aliphatic heterocycles.